The van der Waals surface area contributed by atoms with Crippen LogP contribution in [0.1, 0.15) is 25.0 Å². The van der Waals surface area contributed by atoms with Crippen LogP contribution in [0.4, 0.5) is 0 Å². The van der Waals surface area contributed by atoms with Gasteiger partial charge in [-0.05, 0) is 43.7 Å². The average Bonchev–Trinajstić information content (AvgIpc) is 2.05. The van der Waals surface area contributed by atoms with Gasteiger partial charge in [-0.3, -0.25) is 0 Å². The van der Waals surface area contributed by atoms with E-state index in [2.05, 4.69) is 37.7 Å². The molecule has 0 aliphatic carbocycles. The molecule has 12 heavy (non-hydrogen) atoms. The Morgan fingerprint density at radius 1 is 1.25 bits per heavy atom. The van der Waals surface area contributed by atoms with Gasteiger partial charge >= 0.3 is 0 Å². The average molecular weight is 184 g/mol. The van der Waals surface area contributed by atoms with E-state index in [1.807, 2.05) is 12.1 Å². The molecule has 1 aromatic carbocycles. The zero-order valence-electron chi connectivity index (χ0n) is 7.69. The summed E-state index contributed by atoms with van der Waals surface area (Å²) in [6.07, 6.45) is 0. The van der Waals surface area contributed by atoms with Crippen LogP contribution in [0.25, 0.3) is 0 Å². The van der Waals surface area contributed by atoms with E-state index in [-0.39, 0.29) is 5.54 Å². The Morgan fingerprint density at radius 3 is 2.33 bits per heavy atom. The van der Waals surface area contributed by atoms with Crippen LogP contribution < -0.4 is 4.84 Å². The van der Waals surface area contributed by atoms with Gasteiger partial charge in [-0.1, -0.05) is 24.3 Å². The molecule has 0 unspecified atom stereocenters. The normalized spacial score (nSPS) is 11.7. The highest BCUT2D eigenvalue weighted by atomic mass is 35.5. The van der Waals surface area contributed by atoms with Gasteiger partial charge < -0.3 is 0 Å². The highest BCUT2D eigenvalue weighted by molar-refractivity contribution is 6.13. The molecule has 1 nitrogen and oxygen atoms in total. The fourth-order valence-electron chi connectivity index (χ4n) is 1.33. The lowest BCUT2D eigenvalue weighted by Gasteiger charge is -2.24. The number of rotatable bonds is 2. The highest BCUT2D eigenvalue weighted by Crippen LogP contribution is 2.23. The molecule has 0 saturated carbocycles. The van der Waals surface area contributed by atoms with Crippen molar-refractivity contribution in [3.63, 3.8) is 0 Å². The van der Waals surface area contributed by atoms with Crippen LogP contribution >= 0.6 is 11.8 Å². The molecular formula is C10H14ClN. The molecule has 1 rings (SSSR count). The smallest absolute Gasteiger partial charge is 0.0526 e. The van der Waals surface area contributed by atoms with Gasteiger partial charge in [-0.2, -0.15) is 0 Å². The number of nitrogens with one attached hydrogen (secondary N) is 1. The maximum atomic E-state index is 5.65. The van der Waals surface area contributed by atoms with E-state index >= 15 is 0 Å². The van der Waals surface area contributed by atoms with Gasteiger partial charge in [-0.15, -0.1) is 0 Å². The fourth-order valence-corrected chi connectivity index (χ4v) is 1.43. The van der Waals surface area contributed by atoms with Gasteiger partial charge in [0.15, 0.2) is 0 Å². The summed E-state index contributed by atoms with van der Waals surface area (Å²) in [6, 6.07) is 8.23. The Kier molecular flexibility index (Phi) is 2.76. The van der Waals surface area contributed by atoms with Crippen molar-refractivity contribution in [2.45, 2.75) is 26.3 Å². The molecule has 0 radical (unpaired) electrons. The second-order valence-corrected chi connectivity index (χ2v) is 3.72. The van der Waals surface area contributed by atoms with E-state index in [1.165, 1.54) is 11.1 Å². The summed E-state index contributed by atoms with van der Waals surface area (Å²) < 4.78 is 0. The van der Waals surface area contributed by atoms with Gasteiger partial charge in [-0.25, -0.2) is 4.84 Å². The topological polar surface area (TPSA) is 12.0 Å². The first-order valence-corrected chi connectivity index (χ1v) is 4.39. The van der Waals surface area contributed by atoms with Crippen molar-refractivity contribution in [3.8, 4) is 0 Å². The standard InChI is InChI=1S/C10H14ClN/c1-8-6-4-5-7-9(8)10(2,3)12-11/h4-7,12H,1-3H3. The lowest BCUT2D eigenvalue weighted by atomic mass is 9.92. The summed E-state index contributed by atoms with van der Waals surface area (Å²) in [6.45, 7) is 6.20. The number of hydrogen-bond acceptors (Lipinski definition) is 1. The lowest BCUT2D eigenvalue weighted by molar-refractivity contribution is 0.500. The first-order valence-electron chi connectivity index (χ1n) is 4.02. The third kappa shape index (κ3) is 1.79. The Bertz CT molecular complexity index is 268. The van der Waals surface area contributed by atoms with Crippen molar-refractivity contribution >= 4 is 11.8 Å². The van der Waals surface area contributed by atoms with Crippen LogP contribution in [-0.4, -0.2) is 0 Å². The SMILES string of the molecule is Cc1ccccc1C(C)(C)NCl. The zero-order valence-corrected chi connectivity index (χ0v) is 8.44. The number of benzene rings is 1. The first-order chi connectivity index (χ1) is 5.58. The van der Waals surface area contributed by atoms with Gasteiger partial charge in [0.05, 0.1) is 5.54 Å². The number of aryl methyl sites for hydroxylation is 1. The minimum Gasteiger partial charge on any atom is -0.223 e. The second kappa shape index (κ2) is 3.46. The molecule has 1 N–H and O–H groups in total. The van der Waals surface area contributed by atoms with Gasteiger partial charge in [0, 0.05) is 0 Å². The molecule has 0 spiro atoms. The van der Waals surface area contributed by atoms with E-state index in [1.54, 1.807) is 0 Å². The second-order valence-electron chi connectivity index (χ2n) is 3.53. The van der Waals surface area contributed by atoms with E-state index in [0.29, 0.717) is 0 Å². The van der Waals surface area contributed by atoms with E-state index in [9.17, 15) is 0 Å². The highest BCUT2D eigenvalue weighted by Gasteiger charge is 2.19. The van der Waals surface area contributed by atoms with Crippen LogP contribution in [-0.2, 0) is 5.54 Å². The third-order valence-electron chi connectivity index (χ3n) is 2.05. The van der Waals surface area contributed by atoms with E-state index in [0.717, 1.165) is 0 Å². The molecular weight excluding hydrogens is 170 g/mol. The summed E-state index contributed by atoms with van der Waals surface area (Å²) in [5, 5.41) is 0. The van der Waals surface area contributed by atoms with E-state index in [4.69, 9.17) is 11.8 Å². The molecule has 0 saturated heterocycles. The summed E-state index contributed by atoms with van der Waals surface area (Å²) in [7, 11) is 0. The quantitative estimate of drug-likeness (QED) is 0.696. The monoisotopic (exact) mass is 183 g/mol. The summed E-state index contributed by atoms with van der Waals surface area (Å²) >= 11 is 5.65. The Balaban J connectivity index is 3.10. The molecule has 66 valence electrons. The molecule has 0 aromatic heterocycles. The van der Waals surface area contributed by atoms with Crippen LogP contribution in [0.3, 0.4) is 0 Å². The van der Waals surface area contributed by atoms with Crippen molar-refractivity contribution in [1.82, 2.24) is 4.84 Å². The third-order valence-corrected chi connectivity index (χ3v) is 2.53. The molecule has 2 heteroatoms. The fraction of sp³-hybridized carbons (Fsp3) is 0.400. The molecule has 0 atom stereocenters. The Labute approximate surface area is 78.9 Å². The van der Waals surface area contributed by atoms with E-state index < -0.39 is 0 Å². The van der Waals surface area contributed by atoms with Crippen molar-refractivity contribution in [3.05, 3.63) is 35.4 Å². The van der Waals surface area contributed by atoms with Gasteiger partial charge in [0.25, 0.3) is 0 Å². The minimum absolute atomic E-state index is 0.160. The van der Waals surface area contributed by atoms with Crippen molar-refractivity contribution in [1.29, 1.82) is 0 Å². The minimum atomic E-state index is -0.160. The van der Waals surface area contributed by atoms with Crippen LogP contribution in [0.2, 0.25) is 0 Å². The molecule has 1 aromatic rings. The van der Waals surface area contributed by atoms with Gasteiger partial charge in [0.1, 0.15) is 0 Å². The molecule has 0 heterocycles. The van der Waals surface area contributed by atoms with Crippen molar-refractivity contribution in [2.24, 2.45) is 0 Å². The first kappa shape index (κ1) is 9.56. The Hall–Kier alpha value is -0.530. The van der Waals surface area contributed by atoms with Gasteiger partial charge in [0.2, 0.25) is 0 Å². The molecule has 0 bridgehead atoms. The summed E-state index contributed by atoms with van der Waals surface area (Å²) in [5.41, 5.74) is 2.34. The lowest BCUT2D eigenvalue weighted by Crippen LogP contribution is -2.30. The summed E-state index contributed by atoms with van der Waals surface area (Å²) in [5.74, 6) is 0. The largest absolute Gasteiger partial charge is 0.223 e. The Morgan fingerprint density at radius 2 is 1.83 bits per heavy atom. The molecule has 0 amide bonds. The van der Waals surface area contributed by atoms with Crippen LogP contribution in [0.5, 0.6) is 0 Å². The van der Waals surface area contributed by atoms with Crippen molar-refractivity contribution < 1.29 is 0 Å². The van der Waals surface area contributed by atoms with Crippen LogP contribution in [0.15, 0.2) is 24.3 Å². The molecule has 0 aliphatic rings. The summed E-state index contributed by atoms with van der Waals surface area (Å²) in [4.78, 5) is 2.77. The van der Waals surface area contributed by atoms with Crippen molar-refractivity contribution in [2.75, 3.05) is 0 Å². The van der Waals surface area contributed by atoms with Crippen LogP contribution in [0, 0.1) is 6.92 Å². The zero-order chi connectivity index (χ0) is 9.19. The maximum Gasteiger partial charge on any atom is 0.0526 e. The number of hydrogen-bond donors (Lipinski definition) is 1. The predicted molar refractivity (Wildman–Crippen MR) is 53.2 cm³/mol. The molecule has 0 fully saturated rings. The molecule has 0 aliphatic heterocycles. The maximum absolute atomic E-state index is 5.65. The predicted octanol–water partition coefficient (Wildman–Crippen LogP) is 2.97. The number of halogens is 1.